The Bertz CT molecular complexity index is 660. The van der Waals surface area contributed by atoms with Crippen molar-refractivity contribution in [3.8, 4) is 0 Å². The Labute approximate surface area is 151 Å². The van der Waals surface area contributed by atoms with E-state index >= 15 is 0 Å². The number of carbonyl (C=O) groups is 1. The van der Waals surface area contributed by atoms with Gasteiger partial charge in [0.2, 0.25) is 15.9 Å². The predicted molar refractivity (Wildman–Crippen MR) is 102 cm³/mol. The fourth-order valence-electron chi connectivity index (χ4n) is 3.25. The van der Waals surface area contributed by atoms with Gasteiger partial charge in [-0.3, -0.25) is 9.10 Å². The number of rotatable bonds is 6. The molecule has 25 heavy (non-hydrogen) atoms. The molecule has 1 fully saturated rings. The molecule has 1 aromatic rings. The van der Waals surface area contributed by atoms with Crippen molar-refractivity contribution in [2.45, 2.75) is 64.3 Å². The molecule has 0 aromatic heterocycles. The van der Waals surface area contributed by atoms with Crippen LogP contribution in [0.5, 0.6) is 0 Å². The van der Waals surface area contributed by atoms with E-state index in [1.54, 1.807) is 12.1 Å². The van der Waals surface area contributed by atoms with E-state index in [-0.39, 0.29) is 18.5 Å². The second kappa shape index (κ2) is 8.70. The van der Waals surface area contributed by atoms with Crippen LogP contribution in [0.4, 0.5) is 5.69 Å². The minimum absolute atomic E-state index is 0.166. The SMILES string of the molecule is CC(C)c1ccc(N(CC(=O)NC2CCCCCC2)S(C)(=O)=O)cc1. The van der Waals surface area contributed by atoms with Crippen LogP contribution in [0.15, 0.2) is 24.3 Å². The normalized spacial score (nSPS) is 16.5. The molecule has 0 spiro atoms. The van der Waals surface area contributed by atoms with E-state index in [9.17, 15) is 13.2 Å². The van der Waals surface area contributed by atoms with Gasteiger partial charge in [-0.05, 0) is 36.5 Å². The molecular formula is C19H30N2O3S. The van der Waals surface area contributed by atoms with Crippen LogP contribution in [0.25, 0.3) is 0 Å². The van der Waals surface area contributed by atoms with Crippen LogP contribution in [-0.2, 0) is 14.8 Å². The molecule has 0 bridgehead atoms. The van der Waals surface area contributed by atoms with Gasteiger partial charge in [0.05, 0.1) is 11.9 Å². The number of nitrogens with one attached hydrogen (secondary N) is 1. The van der Waals surface area contributed by atoms with Crippen molar-refractivity contribution in [1.29, 1.82) is 0 Å². The summed E-state index contributed by atoms with van der Waals surface area (Å²) in [4.78, 5) is 12.4. The van der Waals surface area contributed by atoms with Crippen LogP contribution in [-0.4, -0.2) is 33.2 Å². The summed E-state index contributed by atoms with van der Waals surface area (Å²) in [6.45, 7) is 4.00. The molecule has 1 aliphatic rings. The molecule has 1 aliphatic carbocycles. The largest absolute Gasteiger partial charge is 0.352 e. The molecule has 1 saturated carbocycles. The van der Waals surface area contributed by atoms with E-state index in [4.69, 9.17) is 0 Å². The van der Waals surface area contributed by atoms with E-state index in [1.807, 2.05) is 12.1 Å². The van der Waals surface area contributed by atoms with E-state index in [2.05, 4.69) is 19.2 Å². The highest BCUT2D eigenvalue weighted by atomic mass is 32.2. The smallest absolute Gasteiger partial charge is 0.240 e. The summed E-state index contributed by atoms with van der Waals surface area (Å²) in [7, 11) is -3.52. The van der Waals surface area contributed by atoms with Crippen molar-refractivity contribution in [1.82, 2.24) is 5.32 Å². The first kappa shape index (κ1) is 19.8. The third kappa shape index (κ3) is 6.03. The standard InChI is InChI=1S/C19H30N2O3S/c1-15(2)16-10-12-18(13-11-16)21(25(3,23)24)14-19(22)20-17-8-6-4-5-7-9-17/h10-13,15,17H,4-9,14H2,1-3H3,(H,20,22). The molecule has 140 valence electrons. The minimum atomic E-state index is -3.52. The lowest BCUT2D eigenvalue weighted by molar-refractivity contribution is -0.120. The maximum Gasteiger partial charge on any atom is 0.240 e. The summed E-state index contributed by atoms with van der Waals surface area (Å²) in [5.41, 5.74) is 1.67. The van der Waals surface area contributed by atoms with Crippen LogP contribution in [0.2, 0.25) is 0 Å². The molecule has 6 heteroatoms. The second-order valence-corrected chi connectivity index (χ2v) is 9.18. The maximum absolute atomic E-state index is 12.4. The van der Waals surface area contributed by atoms with Gasteiger partial charge in [0.1, 0.15) is 6.54 Å². The van der Waals surface area contributed by atoms with Gasteiger partial charge in [0.25, 0.3) is 0 Å². The van der Waals surface area contributed by atoms with Crippen LogP contribution in [0, 0.1) is 0 Å². The van der Waals surface area contributed by atoms with Gasteiger partial charge >= 0.3 is 0 Å². The number of nitrogens with zero attached hydrogens (tertiary/aromatic N) is 1. The molecule has 1 N–H and O–H groups in total. The molecule has 2 rings (SSSR count). The Morgan fingerprint density at radius 3 is 2.16 bits per heavy atom. The first-order chi connectivity index (χ1) is 11.8. The number of sulfonamides is 1. The Morgan fingerprint density at radius 1 is 1.12 bits per heavy atom. The fraction of sp³-hybridized carbons (Fsp3) is 0.632. The Hall–Kier alpha value is -1.56. The quantitative estimate of drug-likeness (QED) is 0.785. The Balaban J connectivity index is 2.08. The highest BCUT2D eigenvalue weighted by molar-refractivity contribution is 7.92. The minimum Gasteiger partial charge on any atom is -0.352 e. The van der Waals surface area contributed by atoms with Crippen molar-refractivity contribution in [2.75, 3.05) is 17.1 Å². The number of hydrogen-bond donors (Lipinski definition) is 1. The van der Waals surface area contributed by atoms with Crippen LogP contribution >= 0.6 is 0 Å². The van der Waals surface area contributed by atoms with Crippen molar-refractivity contribution in [3.63, 3.8) is 0 Å². The highest BCUT2D eigenvalue weighted by Crippen LogP contribution is 2.22. The van der Waals surface area contributed by atoms with Crippen molar-refractivity contribution >= 4 is 21.6 Å². The maximum atomic E-state index is 12.4. The van der Waals surface area contributed by atoms with E-state index < -0.39 is 10.0 Å². The van der Waals surface area contributed by atoms with Gasteiger partial charge < -0.3 is 5.32 Å². The lowest BCUT2D eigenvalue weighted by atomic mass is 10.0. The highest BCUT2D eigenvalue weighted by Gasteiger charge is 2.23. The summed E-state index contributed by atoms with van der Waals surface area (Å²) in [6.07, 6.45) is 7.77. The first-order valence-corrected chi connectivity index (χ1v) is 11.0. The van der Waals surface area contributed by atoms with Crippen LogP contribution in [0.1, 0.15) is 63.9 Å². The van der Waals surface area contributed by atoms with Crippen molar-refractivity contribution in [3.05, 3.63) is 29.8 Å². The Kier molecular flexibility index (Phi) is 6.87. The summed E-state index contributed by atoms with van der Waals surface area (Å²) < 4.78 is 25.5. The number of amides is 1. The monoisotopic (exact) mass is 366 g/mol. The molecule has 0 saturated heterocycles. The Morgan fingerprint density at radius 2 is 1.68 bits per heavy atom. The summed E-state index contributed by atoms with van der Waals surface area (Å²) in [6, 6.07) is 7.55. The van der Waals surface area contributed by atoms with Gasteiger partial charge in [0, 0.05) is 6.04 Å². The summed E-state index contributed by atoms with van der Waals surface area (Å²) in [5, 5.41) is 3.02. The average Bonchev–Trinajstić information content (AvgIpc) is 2.80. The lowest BCUT2D eigenvalue weighted by Crippen LogP contribution is -2.44. The zero-order valence-corrected chi connectivity index (χ0v) is 16.3. The predicted octanol–water partition coefficient (Wildman–Crippen LogP) is 3.42. The lowest BCUT2D eigenvalue weighted by Gasteiger charge is -2.24. The molecular weight excluding hydrogens is 336 g/mol. The van der Waals surface area contributed by atoms with Crippen LogP contribution in [0.3, 0.4) is 0 Å². The molecule has 0 unspecified atom stereocenters. The third-order valence-electron chi connectivity index (χ3n) is 4.76. The number of carbonyl (C=O) groups excluding carboxylic acids is 1. The molecule has 0 radical (unpaired) electrons. The van der Waals surface area contributed by atoms with E-state index in [0.29, 0.717) is 11.6 Å². The molecule has 1 aromatic carbocycles. The van der Waals surface area contributed by atoms with Gasteiger partial charge in [-0.25, -0.2) is 8.42 Å². The van der Waals surface area contributed by atoms with Gasteiger partial charge in [-0.1, -0.05) is 51.7 Å². The van der Waals surface area contributed by atoms with Gasteiger partial charge in [-0.2, -0.15) is 0 Å². The van der Waals surface area contributed by atoms with Crippen LogP contribution < -0.4 is 9.62 Å². The van der Waals surface area contributed by atoms with Gasteiger partial charge in [-0.15, -0.1) is 0 Å². The molecule has 1 amide bonds. The average molecular weight is 367 g/mol. The second-order valence-electron chi connectivity index (χ2n) is 7.27. The third-order valence-corrected chi connectivity index (χ3v) is 5.90. The van der Waals surface area contributed by atoms with Crippen molar-refractivity contribution < 1.29 is 13.2 Å². The number of benzene rings is 1. The molecule has 5 nitrogen and oxygen atoms in total. The number of anilines is 1. The topological polar surface area (TPSA) is 66.5 Å². The van der Waals surface area contributed by atoms with E-state index in [0.717, 1.165) is 37.5 Å². The zero-order chi connectivity index (χ0) is 18.4. The molecule has 0 aliphatic heterocycles. The summed E-state index contributed by atoms with van der Waals surface area (Å²) in [5.74, 6) is 0.143. The fourth-order valence-corrected chi connectivity index (χ4v) is 4.11. The molecule has 0 heterocycles. The molecule has 0 atom stereocenters. The summed E-state index contributed by atoms with van der Waals surface area (Å²) >= 11 is 0. The van der Waals surface area contributed by atoms with Gasteiger partial charge in [0.15, 0.2) is 0 Å². The van der Waals surface area contributed by atoms with E-state index in [1.165, 1.54) is 17.1 Å². The number of hydrogen-bond acceptors (Lipinski definition) is 3. The van der Waals surface area contributed by atoms with Crippen molar-refractivity contribution in [2.24, 2.45) is 0 Å². The zero-order valence-electron chi connectivity index (χ0n) is 15.5. The first-order valence-electron chi connectivity index (χ1n) is 9.14.